The first-order chi connectivity index (χ1) is 9.95. The van der Waals surface area contributed by atoms with E-state index in [1.165, 1.54) is 9.13 Å². The van der Waals surface area contributed by atoms with Gasteiger partial charge in [0.05, 0.1) is 6.54 Å². The maximum Gasteiger partial charge on any atom is 0.243 e. The Balaban J connectivity index is 1.97. The van der Waals surface area contributed by atoms with Crippen LogP contribution in [0.15, 0.2) is 36.4 Å². The zero-order valence-electron chi connectivity index (χ0n) is 12.5. The predicted molar refractivity (Wildman–Crippen MR) is 96.9 cm³/mol. The molecule has 2 rings (SSSR count). The Morgan fingerprint density at radius 1 is 1.05 bits per heavy atom. The first-order valence-electron chi connectivity index (χ1n) is 6.83. The molecule has 0 bridgehead atoms. The summed E-state index contributed by atoms with van der Waals surface area (Å²) in [5.74, 6) is -0.0383. The van der Waals surface area contributed by atoms with E-state index in [4.69, 9.17) is 0 Å². The van der Waals surface area contributed by atoms with Crippen LogP contribution < -0.4 is 10.6 Å². The third kappa shape index (κ3) is 4.46. The highest BCUT2D eigenvalue weighted by molar-refractivity contribution is 14.1. The third-order valence-electron chi connectivity index (χ3n) is 3.24. The van der Waals surface area contributed by atoms with E-state index in [1.54, 1.807) is 0 Å². The van der Waals surface area contributed by atoms with Crippen LogP contribution in [0.2, 0.25) is 0 Å². The molecular formula is C17H19IN2O. The number of aryl methyl sites for hydroxylation is 3. The van der Waals surface area contributed by atoms with Crippen molar-refractivity contribution < 1.29 is 4.79 Å². The Hall–Kier alpha value is -1.56. The lowest BCUT2D eigenvalue weighted by molar-refractivity contribution is -0.114. The molecule has 0 atom stereocenters. The van der Waals surface area contributed by atoms with Crippen LogP contribution in [0.1, 0.15) is 16.7 Å². The third-order valence-corrected chi connectivity index (χ3v) is 3.96. The van der Waals surface area contributed by atoms with E-state index < -0.39 is 0 Å². The van der Waals surface area contributed by atoms with Crippen LogP contribution in [0.4, 0.5) is 11.4 Å². The molecule has 0 heterocycles. The summed E-state index contributed by atoms with van der Waals surface area (Å²) < 4.78 is 1.17. The van der Waals surface area contributed by atoms with Gasteiger partial charge in [-0.25, -0.2) is 0 Å². The second kappa shape index (κ2) is 6.93. The van der Waals surface area contributed by atoms with E-state index in [9.17, 15) is 4.79 Å². The van der Waals surface area contributed by atoms with Crippen LogP contribution in [-0.2, 0) is 4.79 Å². The number of nitrogens with one attached hydrogen (secondary N) is 2. The second-order valence-electron chi connectivity index (χ2n) is 5.18. The van der Waals surface area contributed by atoms with Gasteiger partial charge >= 0.3 is 0 Å². The Bertz CT molecular complexity index is 627. The van der Waals surface area contributed by atoms with Crippen molar-refractivity contribution in [3.05, 3.63) is 56.7 Å². The largest absolute Gasteiger partial charge is 0.376 e. The molecule has 0 saturated heterocycles. The molecule has 2 aromatic rings. The summed E-state index contributed by atoms with van der Waals surface area (Å²) in [4.78, 5) is 12.1. The lowest BCUT2D eigenvalue weighted by Gasteiger charge is -2.13. The molecule has 4 heteroatoms. The number of anilines is 2. The molecular weight excluding hydrogens is 375 g/mol. The summed E-state index contributed by atoms with van der Waals surface area (Å²) in [6.07, 6.45) is 0. The van der Waals surface area contributed by atoms with Crippen molar-refractivity contribution in [1.82, 2.24) is 0 Å². The standard InChI is InChI=1S/C17H19IN2O/c1-11-8-12(2)17(13(3)9-11)20-16(21)10-19-15-6-4-14(18)5-7-15/h4-9,19H,10H2,1-3H3,(H,20,21). The first kappa shape index (κ1) is 15.8. The molecule has 21 heavy (non-hydrogen) atoms. The van der Waals surface area contributed by atoms with Crippen LogP contribution in [-0.4, -0.2) is 12.5 Å². The van der Waals surface area contributed by atoms with Gasteiger partial charge in [0.15, 0.2) is 0 Å². The molecule has 0 aliphatic heterocycles. The smallest absolute Gasteiger partial charge is 0.243 e. The average Bonchev–Trinajstić information content (AvgIpc) is 2.42. The van der Waals surface area contributed by atoms with Crippen LogP contribution >= 0.6 is 22.6 Å². The molecule has 1 amide bonds. The maximum absolute atomic E-state index is 12.1. The van der Waals surface area contributed by atoms with Crippen LogP contribution in [0.5, 0.6) is 0 Å². The molecule has 0 saturated carbocycles. The van der Waals surface area contributed by atoms with Gasteiger partial charge < -0.3 is 10.6 Å². The van der Waals surface area contributed by atoms with Gasteiger partial charge in [0.1, 0.15) is 0 Å². The summed E-state index contributed by atoms with van der Waals surface area (Å²) in [5, 5.41) is 6.11. The van der Waals surface area contributed by atoms with Crippen molar-refractivity contribution in [2.24, 2.45) is 0 Å². The van der Waals surface area contributed by atoms with Crippen LogP contribution in [0.3, 0.4) is 0 Å². The maximum atomic E-state index is 12.1. The van der Waals surface area contributed by atoms with Gasteiger partial charge in [-0.3, -0.25) is 4.79 Å². The summed E-state index contributed by atoms with van der Waals surface area (Å²) in [6, 6.07) is 12.1. The number of amides is 1. The zero-order chi connectivity index (χ0) is 15.4. The van der Waals surface area contributed by atoms with Gasteiger partial charge in [0.25, 0.3) is 0 Å². The van der Waals surface area contributed by atoms with Crippen molar-refractivity contribution in [1.29, 1.82) is 0 Å². The minimum Gasteiger partial charge on any atom is -0.376 e. The van der Waals surface area contributed by atoms with Gasteiger partial charge in [-0.1, -0.05) is 17.7 Å². The average molecular weight is 394 g/mol. The molecule has 0 aromatic heterocycles. The highest BCUT2D eigenvalue weighted by atomic mass is 127. The van der Waals surface area contributed by atoms with Gasteiger partial charge in [0.2, 0.25) is 5.91 Å². The quantitative estimate of drug-likeness (QED) is 0.761. The highest BCUT2D eigenvalue weighted by Gasteiger charge is 2.08. The molecule has 0 aliphatic rings. The fourth-order valence-electron chi connectivity index (χ4n) is 2.31. The molecule has 2 aromatic carbocycles. The number of benzene rings is 2. The number of carbonyl (C=O) groups excluding carboxylic acids is 1. The van der Waals surface area contributed by atoms with Gasteiger partial charge in [-0.05, 0) is 78.8 Å². The number of hydrogen-bond acceptors (Lipinski definition) is 2. The summed E-state index contributed by atoms with van der Waals surface area (Å²) in [7, 11) is 0. The Labute approximate surface area is 139 Å². The molecule has 3 nitrogen and oxygen atoms in total. The SMILES string of the molecule is Cc1cc(C)c(NC(=O)CNc2ccc(I)cc2)c(C)c1. The molecule has 0 spiro atoms. The number of carbonyl (C=O) groups is 1. The van der Waals surface area contributed by atoms with Crippen molar-refractivity contribution in [3.8, 4) is 0 Å². The van der Waals surface area contributed by atoms with Gasteiger partial charge in [-0.2, -0.15) is 0 Å². The Morgan fingerprint density at radius 3 is 2.19 bits per heavy atom. The number of halogens is 1. The van der Waals surface area contributed by atoms with Crippen LogP contribution in [0, 0.1) is 24.3 Å². The molecule has 110 valence electrons. The topological polar surface area (TPSA) is 41.1 Å². The van der Waals surface area contributed by atoms with Gasteiger partial charge in [0, 0.05) is 14.9 Å². The van der Waals surface area contributed by atoms with Crippen molar-refractivity contribution in [2.45, 2.75) is 20.8 Å². The minimum atomic E-state index is -0.0383. The Morgan fingerprint density at radius 2 is 1.62 bits per heavy atom. The van der Waals surface area contributed by atoms with Crippen molar-refractivity contribution >= 4 is 39.9 Å². The second-order valence-corrected chi connectivity index (χ2v) is 6.43. The minimum absolute atomic E-state index is 0.0383. The predicted octanol–water partition coefficient (Wildman–Crippen LogP) is 4.27. The van der Waals surface area contributed by atoms with Gasteiger partial charge in [-0.15, -0.1) is 0 Å². The molecule has 0 unspecified atom stereocenters. The summed E-state index contributed by atoms with van der Waals surface area (Å²) in [5.41, 5.74) is 5.25. The van der Waals surface area contributed by atoms with E-state index in [0.29, 0.717) is 0 Å². The lowest BCUT2D eigenvalue weighted by atomic mass is 10.1. The summed E-state index contributed by atoms with van der Waals surface area (Å²) >= 11 is 2.26. The molecule has 0 fully saturated rings. The molecule has 0 aliphatic carbocycles. The van der Waals surface area contributed by atoms with Crippen LogP contribution in [0.25, 0.3) is 0 Å². The summed E-state index contributed by atoms with van der Waals surface area (Å²) in [6.45, 7) is 6.35. The van der Waals surface area contributed by atoms with Crippen molar-refractivity contribution in [2.75, 3.05) is 17.2 Å². The number of rotatable bonds is 4. The normalized spacial score (nSPS) is 10.3. The fourth-order valence-corrected chi connectivity index (χ4v) is 2.67. The Kier molecular flexibility index (Phi) is 5.22. The van der Waals surface area contributed by atoms with E-state index in [2.05, 4.69) is 52.3 Å². The monoisotopic (exact) mass is 394 g/mol. The molecule has 2 N–H and O–H groups in total. The molecule has 0 radical (unpaired) electrons. The first-order valence-corrected chi connectivity index (χ1v) is 7.91. The highest BCUT2D eigenvalue weighted by Crippen LogP contribution is 2.21. The van der Waals surface area contributed by atoms with E-state index in [1.807, 2.05) is 38.1 Å². The van der Waals surface area contributed by atoms with E-state index >= 15 is 0 Å². The lowest BCUT2D eigenvalue weighted by Crippen LogP contribution is -2.22. The number of hydrogen-bond donors (Lipinski definition) is 2. The zero-order valence-corrected chi connectivity index (χ0v) is 14.6. The van der Waals surface area contributed by atoms with E-state index in [-0.39, 0.29) is 12.5 Å². The van der Waals surface area contributed by atoms with Crippen molar-refractivity contribution in [3.63, 3.8) is 0 Å². The fraction of sp³-hybridized carbons (Fsp3) is 0.235. The van der Waals surface area contributed by atoms with E-state index in [0.717, 1.165) is 22.5 Å².